The zero-order valence-electron chi connectivity index (χ0n) is 6.67. The smallest absolute Gasteiger partial charge is 0.157 e. The lowest BCUT2D eigenvalue weighted by atomic mass is 10.1. The molecule has 1 rings (SSSR count). The van der Waals surface area contributed by atoms with Gasteiger partial charge >= 0.3 is 0 Å². The third kappa shape index (κ3) is 1.68. The lowest BCUT2D eigenvalue weighted by Crippen LogP contribution is -2.01. The second-order valence-corrected chi connectivity index (χ2v) is 3.21. The third-order valence-corrected chi connectivity index (χ3v) is 2.22. The molecule has 3 nitrogen and oxygen atoms in total. The van der Waals surface area contributed by atoms with E-state index in [4.69, 9.17) is 23.2 Å². The van der Waals surface area contributed by atoms with Gasteiger partial charge in [-0.3, -0.25) is 0 Å². The van der Waals surface area contributed by atoms with E-state index in [0.717, 1.165) is 0 Å². The first-order chi connectivity index (χ1) is 5.54. The van der Waals surface area contributed by atoms with Crippen molar-refractivity contribution < 1.29 is 5.11 Å². The van der Waals surface area contributed by atoms with Gasteiger partial charge in [-0.15, -0.1) is 10.2 Å². The minimum absolute atomic E-state index is 0.201. The molecule has 1 aromatic heterocycles. The van der Waals surface area contributed by atoms with Crippen molar-refractivity contribution in [2.45, 2.75) is 20.0 Å². The number of hydrogen-bond donors (Lipinski definition) is 1. The van der Waals surface area contributed by atoms with Crippen LogP contribution in [0.15, 0.2) is 0 Å². The van der Waals surface area contributed by atoms with Crippen LogP contribution in [0.4, 0.5) is 0 Å². The normalized spacial score (nSPS) is 13.1. The Morgan fingerprint density at radius 3 is 2.17 bits per heavy atom. The Morgan fingerprint density at radius 2 is 1.75 bits per heavy atom. The summed E-state index contributed by atoms with van der Waals surface area (Å²) in [6, 6.07) is 0. The van der Waals surface area contributed by atoms with Gasteiger partial charge in [-0.05, 0) is 19.4 Å². The Balaban J connectivity index is 3.33. The van der Waals surface area contributed by atoms with E-state index in [1.54, 1.807) is 13.8 Å². The van der Waals surface area contributed by atoms with E-state index < -0.39 is 6.10 Å². The molecule has 0 spiro atoms. The van der Waals surface area contributed by atoms with Crippen molar-refractivity contribution in [3.05, 3.63) is 21.4 Å². The van der Waals surface area contributed by atoms with E-state index in [-0.39, 0.29) is 10.3 Å². The predicted octanol–water partition coefficient (Wildman–Crippen LogP) is 2.15. The maximum absolute atomic E-state index is 9.30. The van der Waals surface area contributed by atoms with Crippen molar-refractivity contribution >= 4 is 23.2 Å². The van der Waals surface area contributed by atoms with E-state index >= 15 is 0 Å². The fourth-order valence-corrected chi connectivity index (χ4v) is 1.45. The molecule has 0 fully saturated rings. The molecule has 0 aliphatic heterocycles. The largest absolute Gasteiger partial charge is 0.389 e. The van der Waals surface area contributed by atoms with Gasteiger partial charge in [0, 0.05) is 5.56 Å². The lowest BCUT2D eigenvalue weighted by Gasteiger charge is -2.09. The number of rotatable bonds is 1. The van der Waals surface area contributed by atoms with Crippen LogP contribution >= 0.6 is 23.2 Å². The standard InChI is InChI=1S/C7H8Cl2N2O/c1-3-5(4(2)12)7(9)11-10-6(3)8/h4,12H,1-2H3. The van der Waals surface area contributed by atoms with Crippen LogP contribution in [0.2, 0.25) is 10.3 Å². The first-order valence-electron chi connectivity index (χ1n) is 3.40. The van der Waals surface area contributed by atoms with Crippen LogP contribution in [0, 0.1) is 6.92 Å². The molecule has 5 heteroatoms. The summed E-state index contributed by atoms with van der Waals surface area (Å²) in [7, 11) is 0. The van der Waals surface area contributed by atoms with Crippen LogP contribution in [0.5, 0.6) is 0 Å². The second kappa shape index (κ2) is 3.56. The average Bonchev–Trinajstić information content (AvgIpc) is 1.97. The zero-order chi connectivity index (χ0) is 9.30. The number of halogens is 2. The molecule has 66 valence electrons. The molecule has 12 heavy (non-hydrogen) atoms. The monoisotopic (exact) mass is 206 g/mol. The Kier molecular flexibility index (Phi) is 2.88. The van der Waals surface area contributed by atoms with E-state index in [9.17, 15) is 5.11 Å². The van der Waals surface area contributed by atoms with Crippen LogP contribution in [-0.2, 0) is 0 Å². The van der Waals surface area contributed by atoms with Crippen molar-refractivity contribution in [1.82, 2.24) is 10.2 Å². The van der Waals surface area contributed by atoms with Gasteiger partial charge in [-0.1, -0.05) is 23.2 Å². The Morgan fingerprint density at radius 1 is 1.25 bits per heavy atom. The van der Waals surface area contributed by atoms with Gasteiger partial charge in [0.1, 0.15) is 0 Å². The quantitative estimate of drug-likeness (QED) is 0.767. The number of aliphatic hydroxyl groups is 1. The van der Waals surface area contributed by atoms with Gasteiger partial charge in [0.2, 0.25) is 0 Å². The molecule has 0 amide bonds. The molecule has 1 atom stereocenters. The molecule has 0 radical (unpaired) electrons. The number of hydrogen-bond acceptors (Lipinski definition) is 3. The second-order valence-electron chi connectivity index (χ2n) is 2.50. The van der Waals surface area contributed by atoms with Crippen molar-refractivity contribution in [3.8, 4) is 0 Å². The molecule has 1 heterocycles. The van der Waals surface area contributed by atoms with E-state index in [2.05, 4.69) is 10.2 Å². The predicted molar refractivity (Wildman–Crippen MR) is 47.4 cm³/mol. The summed E-state index contributed by atoms with van der Waals surface area (Å²) in [4.78, 5) is 0. The zero-order valence-corrected chi connectivity index (χ0v) is 8.19. The highest BCUT2D eigenvalue weighted by Gasteiger charge is 2.14. The molecule has 0 aromatic carbocycles. The fraction of sp³-hybridized carbons (Fsp3) is 0.429. The maximum atomic E-state index is 9.30. The molecule has 0 saturated heterocycles. The SMILES string of the molecule is Cc1c(Cl)nnc(Cl)c1C(C)O. The van der Waals surface area contributed by atoms with Gasteiger partial charge < -0.3 is 5.11 Å². The number of aromatic nitrogens is 2. The number of aliphatic hydroxyl groups excluding tert-OH is 1. The van der Waals surface area contributed by atoms with E-state index in [1.807, 2.05) is 0 Å². The minimum atomic E-state index is -0.675. The van der Waals surface area contributed by atoms with Crippen molar-refractivity contribution in [2.24, 2.45) is 0 Å². The highest BCUT2D eigenvalue weighted by atomic mass is 35.5. The third-order valence-electron chi connectivity index (χ3n) is 1.58. The van der Waals surface area contributed by atoms with Crippen LogP contribution in [0.1, 0.15) is 24.2 Å². The molecule has 1 N–H and O–H groups in total. The topological polar surface area (TPSA) is 46.0 Å². The maximum Gasteiger partial charge on any atom is 0.157 e. The molecule has 0 saturated carbocycles. The van der Waals surface area contributed by atoms with Gasteiger partial charge in [0.25, 0.3) is 0 Å². The highest BCUT2D eigenvalue weighted by molar-refractivity contribution is 6.32. The summed E-state index contributed by atoms with van der Waals surface area (Å²) < 4.78 is 0. The van der Waals surface area contributed by atoms with Crippen molar-refractivity contribution in [3.63, 3.8) is 0 Å². The molecular weight excluding hydrogens is 199 g/mol. The van der Waals surface area contributed by atoms with Gasteiger partial charge in [-0.2, -0.15) is 0 Å². The summed E-state index contributed by atoms with van der Waals surface area (Å²) in [6.07, 6.45) is -0.675. The fourth-order valence-electron chi connectivity index (χ4n) is 0.968. The van der Waals surface area contributed by atoms with Crippen molar-refractivity contribution in [2.75, 3.05) is 0 Å². The molecule has 0 aliphatic rings. The van der Waals surface area contributed by atoms with Crippen LogP contribution in [0.3, 0.4) is 0 Å². The van der Waals surface area contributed by atoms with Crippen LogP contribution in [0.25, 0.3) is 0 Å². The Labute approximate surface area is 80.3 Å². The lowest BCUT2D eigenvalue weighted by molar-refractivity contribution is 0.198. The Bertz CT molecular complexity index is 302. The molecule has 0 aliphatic carbocycles. The van der Waals surface area contributed by atoms with Crippen LogP contribution < -0.4 is 0 Å². The first-order valence-corrected chi connectivity index (χ1v) is 4.16. The summed E-state index contributed by atoms with van der Waals surface area (Å²) in [5.41, 5.74) is 1.21. The summed E-state index contributed by atoms with van der Waals surface area (Å²) in [5.74, 6) is 0. The Hall–Kier alpha value is -0.380. The minimum Gasteiger partial charge on any atom is -0.389 e. The summed E-state index contributed by atoms with van der Waals surface area (Å²) >= 11 is 11.4. The molecule has 0 bridgehead atoms. The van der Waals surface area contributed by atoms with Gasteiger partial charge in [-0.25, -0.2) is 0 Å². The highest BCUT2D eigenvalue weighted by Crippen LogP contribution is 2.27. The molecule has 1 aromatic rings. The van der Waals surface area contributed by atoms with E-state index in [0.29, 0.717) is 11.1 Å². The van der Waals surface area contributed by atoms with E-state index in [1.165, 1.54) is 0 Å². The van der Waals surface area contributed by atoms with Gasteiger partial charge in [0.05, 0.1) is 6.10 Å². The summed E-state index contributed by atoms with van der Waals surface area (Å²) in [6.45, 7) is 3.34. The van der Waals surface area contributed by atoms with Crippen LogP contribution in [-0.4, -0.2) is 15.3 Å². The molecular formula is C7H8Cl2N2O. The number of nitrogens with zero attached hydrogens (tertiary/aromatic N) is 2. The summed E-state index contributed by atoms with van der Waals surface area (Å²) in [5, 5.41) is 17.0. The van der Waals surface area contributed by atoms with Crippen molar-refractivity contribution in [1.29, 1.82) is 0 Å². The average molecular weight is 207 g/mol. The van der Waals surface area contributed by atoms with Gasteiger partial charge in [0.15, 0.2) is 10.3 Å². The first kappa shape index (κ1) is 9.71. The molecule has 1 unspecified atom stereocenters.